The normalized spacial score (nSPS) is 16.3. The second-order valence-electron chi connectivity index (χ2n) is 6.88. The van der Waals surface area contributed by atoms with Crippen LogP contribution in [-0.2, 0) is 11.2 Å². The molecule has 0 bridgehead atoms. The molecule has 1 aromatic heterocycles. The maximum Gasteiger partial charge on any atom is 0.249 e. The first kappa shape index (κ1) is 18.2. The van der Waals surface area contributed by atoms with E-state index in [1.807, 2.05) is 59.5 Å². The second-order valence-corrected chi connectivity index (χ2v) is 6.88. The number of hydrogen-bond donors (Lipinski definition) is 0. The molecule has 2 aromatic carbocycles. The number of likely N-dealkylation sites (tertiary alicyclic amines) is 1. The molecule has 0 radical (unpaired) electrons. The standard InChI is InChI=1S/C22H23N3O3/c1-27-19-12-6-5-8-16(19)13-14-20(26)25-15-7-11-18(25)22-23-21(24-28-22)17-9-3-2-4-10-17/h2-6,8-10,12,18H,7,11,13-15H2,1H3/t18-/m1/s1. The van der Waals surface area contributed by atoms with Gasteiger partial charge in [-0.3, -0.25) is 4.79 Å². The molecule has 0 saturated carbocycles. The number of para-hydroxylation sites is 1. The van der Waals surface area contributed by atoms with Crippen molar-refractivity contribution in [1.82, 2.24) is 15.0 Å². The van der Waals surface area contributed by atoms with Crippen LogP contribution in [0.2, 0.25) is 0 Å². The first-order chi connectivity index (χ1) is 13.8. The quantitative estimate of drug-likeness (QED) is 0.648. The van der Waals surface area contributed by atoms with Crippen LogP contribution in [0.1, 0.15) is 36.8 Å². The van der Waals surface area contributed by atoms with Crippen molar-refractivity contribution < 1.29 is 14.1 Å². The molecule has 1 aliphatic rings. The van der Waals surface area contributed by atoms with Crippen molar-refractivity contribution in [2.75, 3.05) is 13.7 Å². The van der Waals surface area contributed by atoms with Crippen LogP contribution >= 0.6 is 0 Å². The third-order valence-electron chi connectivity index (χ3n) is 5.13. The van der Waals surface area contributed by atoms with Gasteiger partial charge in [-0.2, -0.15) is 4.98 Å². The van der Waals surface area contributed by atoms with Crippen LogP contribution in [0.25, 0.3) is 11.4 Å². The smallest absolute Gasteiger partial charge is 0.249 e. The topological polar surface area (TPSA) is 68.5 Å². The summed E-state index contributed by atoms with van der Waals surface area (Å²) < 4.78 is 10.9. The molecule has 0 aliphatic carbocycles. The summed E-state index contributed by atoms with van der Waals surface area (Å²) in [5, 5.41) is 4.10. The van der Waals surface area contributed by atoms with E-state index in [9.17, 15) is 4.79 Å². The first-order valence-corrected chi connectivity index (χ1v) is 9.56. The van der Waals surface area contributed by atoms with Gasteiger partial charge in [0.2, 0.25) is 17.6 Å². The maximum absolute atomic E-state index is 12.9. The second kappa shape index (κ2) is 8.25. The number of hydrogen-bond acceptors (Lipinski definition) is 5. The molecule has 6 heteroatoms. The maximum atomic E-state index is 12.9. The number of aromatic nitrogens is 2. The van der Waals surface area contributed by atoms with E-state index >= 15 is 0 Å². The predicted molar refractivity (Wildman–Crippen MR) is 105 cm³/mol. The molecule has 144 valence electrons. The van der Waals surface area contributed by atoms with Gasteiger partial charge in [-0.05, 0) is 30.9 Å². The van der Waals surface area contributed by atoms with Crippen LogP contribution in [0, 0.1) is 0 Å². The molecular formula is C22H23N3O3. The fourth-order valence-electron chi connectivity index (χ4n) is 3.69. The van der Waals surface area contributed by atoms with Crippen molar-refractivity contribution in [2.24, 2.45) is 0 Å². The van der Waals surface area contributed by atoms with E-state index in [2.05, 4.69) is 10.1 Å². The fourth-order valence-corrected chi connectivity index (χ4v) is 3.69. The lowest BCUT2D eigenvalue weighted by Crippen LogP contribution is -2.30. The molecule has 1 amide bonds. The van der Waals surface area contributed by atoms with E-state index in [0.29, 0.717) is 24.6 Å². The Bertz CT molecular complexity index is 939. The predicted octanol–water partition coefficient (Wildman–Crippen LogP) is 4.04. The summed E-state index contributed by atoms with van der Waals surface area (Å²) in [6.45, 7) is 0.721. The van der Waals surface area contributed by atoms with E-state index in [-0.39, 0.29) is 11.9 Å². The zero-order valence-electron chi connectivity index (χ0n) is 15.9. The molecule has 1 atom stereocenters. The largest absolute Gasteiger partial charge is 0.496 e. The molecule has 1 saturated heterocycles. The van der Waals surface area contributed by atoms with Gasteiger partial charge < -0.3 is 14.2 Å². The van der Waals surface area contributed by atoms with Gasteiger partial charge in [0, 0.05) is 18.5 Å². The van der Waals surface area contributed by atoms with Gasteiger partial charge in [-0.1, -0.05) is 53.7 Å². The van der Waals surface area contributed by atoms with Gasteiger partial charge in [0.1, 0.15) is 11.8 Å². The number of rotatable bonds is 6. The minimum absolute atomic E-state index is 0.105. The lowest BCUT2D eigenvalue weighted by molar-refractivity contribution is -0.132. The van der Waals surface area contributed by atoms with Crippen molar-refractivity contribution in [3.05, 3.63) is 66.1 Å². The Kier molecular flexibility index (Phi) is 5.37. The highest BCUT2D eigenvalue weighted by Gasteiger charge is 2.33. The number of carbonyl (C=O) groups excluding carboxylic acids is 1. The van der Waals surface area contributed by atoms with Crippen LogP contribution < -0.4 is 4.74 Å². The Morgan fingerprint density at radius 3 is 2.79 bits per heavy atom. The van der Waals surface area contributed by atoms with Crippen LogP contribution in [0.3, 0.4) is 0 Å². The summed E-state index contributed by atoms with van der Waals surface area (Å²) in [6, 6.07) is 17.4. The van der Waals surface area contributed by atoms with Gasteiger partial charge >= 0.3 is 0 Å². The van der Waals surface area contributed by atoms with E-state index in [1.54, 1.807) is 7.11 Å². The summed E-state index contributed by atoms with van der Waals surface area (Å²) in [4.78, 5) is 19.3. The van der Waals surface area contributed by atoms with E-state index in [4.69, 9.17) is 9.26 Å². The van der Waals surface area contributed by atoms with Gasteiger partial charge in [0.05, 0.1) is 7.11 Å². The van der Waals surface area contributed by atoms with Gasteiger partial charge in [0.25, 0.3) is 0 Å². The molecule has 0 spiro atoms. The highest BCUT2D eigenvalue weighted by molar-refractivity contribution is 5.77. The van der Waals surface area contributed by atoms with Crippen LogP contribution in [0.4, 0.5) is 0 Å². The molecule has 6 nitrogen and oxygen atoms in total. The Morgan fingerprint density at radius 2 is 1.96 bits per heavy atom. The summed E-state index contributed by atoms with van der Waals surface area (Å²) in [7, 11) is 1.65. The molecule has 1 fully saturated rings. The van der Waals surface area contributed by atoms with Gasteiger partial charge in [-0.25, -0.2) is 0 Å². The Morgan fingerprint density at radius 1 is 1.18 bits per heavy atom. The van der Waals surface area contributed by atoms with Crippen LogP contribution in [0.15, 0.2) is 59.1 Å². The number of amides is 1. The van der Waals surface area contributed by atoms with Crippen molar-refractivity contribution in [3.63, 3.8) is 0 Å². The molecule has 0 N–H and O–H groups in total. The third-order valence-corrected chi connectivity index (χ3v) is 5.13. The Labute approximate surface area is 164 Å². The lowest BCUT2D eigenvalue weighted by Gasteiger charge is -2.22. The van der Waals surface area contributed by atoms with Crippen molar-refractivity contribution >= 4 is 5.91 Å². The highest BCUT2D eigenvalue weighted by atomic mass is 16.5. The summed E-state index contributed by atoms with van der Waals surface area (Å²) in [5.74, 6) is 2.00. The van der Waals surface area contributed by atoms with Gasteiger partial charge in [0.15, 0.2) is 0 Å². The molecular weight excluding hydrogens is 354 g/mol. The Hall–Kier alpha value is -3.15. The summed E-state index contributed by atoms with van der Waals surface area (Å²) in [5.41, 5.74) is 1.95. The number of aryl methyl sites for hydroxylation is 1. The number of carbonyl (C=O) groups is 1. The fraction of sp³-hybridized carbons (Fsp3) is 0.318. The zero-order valence-corrected chi connectivity index (χ0v) is 15.9. The van der Waals surface area contributed by atoms with Crippen molar-refractivity contribution in [2.45, 2.75) is 31.7 Å². The number of methoxy groups -OCH3 is 1. The molecule has 0 unspecified atom stereocenters. The summed E-state index contributed by atoms with van der Waals surface area (Å²) >= 11 is 0. The number of ether oxygens (including phenoxy) is 1. The first-order valence-electron chi connectivity index (χ1n) is 9.56. The van der Waals surface area contributed by atoms with Gasteiger partial charge in [-0.15, -0.1) is 0 Å². The third kappa shape index (κ3) is 3.76. The van der Waals surface area contributed by atoms with E-state index < -0.39 is 0 Å². The van der Waals surface area contributed by atoms with E-state index in [1.165, 1.54) is 0 Å². The number of benzene rings is 2. The molecule has 28 heavy (non-hydrogen) atoms. The van der Waals surface area contributed by atoms with Crippen LogP contribution in [0.5, 0.6) is 5.75 Å². The summed E-state index contributed by atoms with van der Waals surface area (Å²) in [6.07, 6.45) is 2.85. The molecule has 3 aromatic rings. The highest BCUT2D eigenvalue weighted by Crippen LogP contribution is 2.33. The van der Waals surface area contributed by atoms with Crippen molar-refractivity contribution in [1.29, 1.82) is 0 Å². The number of nitrogens with zero attached hydrogens (tertiary/aromatic N) is 3. The van der Waals surface area contributed by atoms with Crippen LogP contribution in [-0.4, -0.2) is 34.6 Å². The molecule has 2 heterocycles. The average Bonchev–Trinajstić information content (AvgIpc) is 3.42. The average molecular weight is 377 g/mol. The Balaban J connectivity index is 1.45. The zero-order chi connectivity index (χ0) is 19.3. The minimum Gasteiger partial charge on any atom is -0.496 e. The molecule has 1 aliphatic heterocycles. The minimum atomic E-state index is -0.143. The molecule has 4 rings (SSSR count). The SMILES string of the molecule is COc1ccccc1CCC(=O)N1CCC[C@@H]1c1nc(-c2ccccc2)no1. The van der Waals surface area contributed by atoms with Crippen molar-refractivity contribution in [3.8, 4) is 17.1 Å². The lowest BCUT2D eigenvalue weighted by atomic mass is 10.1. The van der Waals surface area contributed by atoms with E-state index in [0.717, 1.165) is 36.3 Å². The monoisotopic (exact) mass is 377 g/mol.